The molecule has 1 fully saturated rings. The molecule has 5 nitrogen and oxygen atoms in total. The second-order valence-electron chi connectivity index (χ2n) is 7.36. The molecule has 2 aromatic carbocycles. The molecule has 3 rings (SSSR count). The minimum Gasteiger partial charge on any atom is -0.496 e. The lowest BCUT2D eigenvalue weighted by Gasteiger charge is -2.34. The molecule has 0 unspecified atom stereocenters. The summed E-state index contributed by atoms with van der Waals surface area (Å²) in [4.78, 5) is 16.8. The number of methoxy groups -OCH3 is 1. The first kappa shape index (κ1) is 20.3. The van der Waals surface area contributed by atoms with Crippen molar-refractivity contribution < 1.29 is 13.9 Å². The number of aryl methyl sites for hydroxylation is 2. The van der Waals surface area contributed by atoms with Crippen LogP contribution in [0.5, 0.6) is 5.75 Å². The number of anilines is 1. The van der Waals surface area contributed by atoms with Crippen LogP contribution in [0.3, 0.4) is 0 Å². The molecule has 0 spiro atoms. The molecule has 2 aromatic rings. The highest BCUT2D eigenvalue weighted by atomic mass is 19.1. The fourth-order valence-corrected chi connectivity index (χ4v) is 3.44. The van der Waals surface area contributed by atoms with Gasteiger partial charge in [0.05, 0.1) is 13.7 Å². The molecule has 1 aliphatic rings. The van der Waals surface area contributed by atoms with Crippen molar-refractivity contribution in [2.24, 2.45) is 0 Å². The molecule has 1 aliphatic heterocycles. The molecule has 1 heterocycles. The van der Waals surface area contributed by atoms with Crippen LogP contribution in [-0.2, 0) is 11.3 Å². The Hall–Kier alpha value is -2.44. The number of hydrogen-bond donors (Lipinski definition) is 1. The Balaban J connectivity index is 1.48. The van der Waals surface area contributed by atoms with E-state index in [1.807, 2.05) is 25.1 Å². The molecular formula is C22H28FN3O2. The summed E-state index contributed by atoms with van der Waals surface area (Å²) in [6.07, 6.45) is 0. The number of rotatable bonds is 6. The zero-order valence-corrected chi connectivity index (χ0v) is 16.8. The van der Waals surface area contributed by atoms with Crippen LogP contribution in [0, 0.1) is 19.7 Å². The summed E-state index contributed by atoms with van der Waals surface area (Å²) < 4.78 is 18.9. The van der Waals surface area contributed by atoms with E-state index < -0.39 is 0 Å². The second kappa shape index (κ2) is 9.17. The van der Waals surface area contributed by atoms with Gasteiger partial charge >= 0.3 is 0 Å². The van der Waals surface area contributed by atoms with Gasteiger partial charge in [0.2, 0.25) is 5.91 Å². The number of benzene rings is 2. The van der Waals surface area contributed by atoms with Crippen LogP contribution < -0.4 is 10.1 Å². The molecule has 150 valence electrons. The zero-order valence-electron chi connectivity index (χ0n) is 16.8. The van der Waals surface area contributed by atoms with Crippen LogP contribution in [0.2, 0.25) is 0 Å². The molecule has 0 saturated carbocycles. The van der Waals surface area contributed by atoms with Crippen LogP contribution in [0.15, 0.2) is 36.4 Å². The van der Waals surface area contributed by atoms with Crippen LogP contribution in [0.1, 0.15) is 16.7 Å². The Bertz CT molecular complexity index is 833. The van der Waals surface area contributed by atoms with Crippen LogP contribution in [0.25, 0.3) is 0 Å². The summed E-state index contributed by atoms with van der Waals surface area (Å²) in [7, 11) is 1.60. The fourth-order valence-electron chi connectivity index (χ4n) is 3.44. The van der Waals surface area contributed by atoms with E-state index in [-0.39, 0.29) is 11.7 Å². The average molecular weight is 385 g/mol. The number of carbonyl (C=O) groups excluding carboxylic acids is 1. The number of amides is 1. The van der Waals surface area contributed by atoms with E-state index in [4.69, 9.17) is 4.74 Å². The Morgan fingerprint density at radius 1 is 1.04 bits per heavy atom. The highest BCUT2D eigenvalue weighted by Gasteiger charge is 2.20. The smallest absolute Gasteiger partial charge is 0.238 e. The number of nitrogens with zero attached hydrogens (tertiary/aromatic N) is 2. The van der Waals surface area contributed by atoms with Gasteiger partial charge in [-0.15, -0.1) is 0 Å². The zero-order chi connectivity index (χ0) is 20.1. The van der Waals surface area contributed by atoms with Crippen molar-refractivity contribution in [3.05, 3.63) is 58.9 Å². The summed E-state index contributed by atoms with van der Waals surface area (Å²) >= 11 is 0. The van der Waals surface area contributed by atoms with Crippen molar-refractivity contribution in [2.75, 3.05) is 45.2 Å². The number of halogens is 1. The Kier molecular flexibility index (Phi) is 6.65. The fraction of sp³-hybridized carbons (Fsp3) is 0.409. The highest BCUT2D eigenvalue weighted by molar-refractivity contribution is 5.92. The highest BCUT2D eigenvalue weighted by Crippen LogP contribution is 2.21. The van der Waals surface area contributed by atoms with E-state index in [9.17, 15) is 9.18 Å². The maximum absolute atomic E-state index is 13.5. The van der Waals surface area contributed by atoms with E-state index in [0.717, 1.165) is 37.4 Å². The minimum absolute atomic E-state index is 0.00324. The molecule has 1 amide bonds. The maximum Gasteiger partial charge on any atom is 0.238 e. The van der Waals surface area contributed by atoms with E-state index in [0.29, 0.717) is 18.8 Å². The van der Waals surface area contributed by atoms with Gasteiger partial charge in [-0.25, -0.2) is 4.39 Å². The number of nitrogens with one attached hydrogen (secondary N) is 1. The van der Waals surface area contributed by atoms with Crippen LogP contribution >= 0.6 is 0 Å². The molecule has 0 aromatic heterocycles. The normalized spacial score (nSPS) is 15.4. The van der Waals surface area contributed by atoms with E-state index in [2.05, 4.69) is 22.0 Å². The topological polar surface area (TPSA) is 44.8 Å². The lowest BCUT2D eigenvalue weighted by Crippen LogP contribution is -2.48. The van der Waals surface area contributed by atoms with Gasteiger partial charge in [-0.2, -0.15) is 0 Å². The molecule has 1 saturated heterocycles. The average Bonchev–Trinajstić information content (AvgIpc) is 2.66. The van der Waals surface area contributed by atoms with Crippen molar-refractivity contribution in [3.63, 3.8) is 0 Å². The standard InChI is InChI=1S/C22H28FN3O2/c1-16-4-6-20(12-17(16)2)24-22(27)15-26-10-8-25(9-11-26)14-18-13-19(23)5-7-21(18)28-3/h4-7,12-13H,8-11,14-15H2,1-3H3,(H,24,27). The van der Waals surface area contributed by atoms with E-state index >= 15 is 0 Å². The van der Waals surface area contributed by atoms with Gasteiger partial charge in [0, 0.05) is 44.0 Å². The largest absolute Gasteiger partial charge is 0.496 e. The summed E-state index contributed by atoms with van der Waals surface area (Å²) in [5.74, 6) is 0.456. The molecule has 1 N–H and O–H groups in total. The number of piperazine rings is 1. The van der Waals surface area contributed by atoms with Crippen LogP contribution in [-0.4, -0.2) is 55.5 Å². The summed E-state index contributed by atoms with van der Waals surface area (Å²) in [5, 5.41) is 2.98. The van der Waals surface area contributed by atoms with Gasteiger partial charge in [0.15, 0.2) is 0 Å². The lowest BCUT2D eigenvalue weighted by molar-refractivity contribution is -0.117. The molecule has 0 radical (unpaired) electrons. The van der Waals surface area contributed by atoms with Gasteiger partial charge in [-0.1, -0.05) is 6.07 Å². The first-order chi connectivity index (χ1) is 13.4. The summed E-state index contributed by atoms with van der Waals surface area (Å²) in [5.41, 5.74) is 4.07. The molecule has 0 atom stereocenters. The lowest BCUT2D eigenvalue weighted by atomic mass is 10.1. The molecular weight excluding hydrogens is 357 g/mol. The minimum atomic E-state index is -0.252. The quantitative estimate of drug-likeness (QED) is 0.829. The predicted molar refractivity (Wildman–Crippen MR) is 109 cm³/mol. The first-order valence-electron chi connectivity index (χ1n) is 9.59. The summed E-state index contributed by atoms with van der Waals surface area (Å²) in [6, 6.07) is 10.6. The van der Waals surface area contributed by atoms with Crippen molar-refractivity contribution in [3.8, 4) is 5.75 Å². The van der Waals surface area contributed by atoms with Gasteiger partial charge in [0.25, 0.3) is 0 Å². The van der Waals surface area contributed by atoms with E-state index in [1.165, 1.54) is 23.3 Å². The second-order valence-corrected chi connectivity index (χ2v) is 7.36. The molecule has 28 heavy (non-hydrogen) atoms. The summed E-state index contributed by atoms with van der Waals surface area (Å²) in [6.45, 7) is 8.38. The van der Waals surface area contributed by atoms with Crippen molar-refractivity contribution >= 4 is 11.6 Å². The molecule has 6 heteroatoms. The van der Waals surface area contributed by atoms with E-state index in [1.54, 1.807) is 13.2 Å². The van der Waals surface area contributed by atoms with Gasteiger partial charge in [-0.3, -0.25) is 14.6 Å². The van der Waals surface area contributed by atoms with Gasteiger partial charge < -0.3 is 10.1 Å². The Morgan fingerprint density at radius 3 is 2.43 bits per heavy atom. The van der Waals surface area contributed by atoms with Gasteiger partial charge in [0.1, 0.15) is 11.6 Å². The third-order valence-electron chi connectivity index (χ3n) is 5.26. The van der Waals surface area contributed by atoms with Crippen molar-refractivity contribution in [1.82, 2.24) is 9.80 Å². The van der Waals surface area contributed by atoms with Crippen molar-refractivity contribution in [1.29, 1.82) is 0 Å². The predicted octanol–water partition coefficient (Wildman–Crippen LogP) is 3.21. The molecule has 0 bridgehead atoms. The number of carbonyl (C=O) groups is 1. The Morgan fingerprint density at radius 2 is 1.75 bits per heavy atom. The maximum atomic E-state index is 13.5. The van der Waals surface area contributed by atoms with Gasteiger partial charge in [-0.05, 0) is 55.3 Å². The van der Waals surface area contributed by atoms with Crippen molar-refractivity contribution in [2.45, 2.75) is 20.4 Å². The van der Waals surface area contributed by atoms with Crippen LogP contribution in [0.4, 0.5) is 10.1 Å². The SMILES string of the molecule is COc1ccc(F)cc1CN1CCN(CC(=O)Nc2ccc(C)c(C)c2)CC1. The number of ether oxygens (including phenoxy) is 1. The molecule has 0 aliphatic carbocycles. The monoisotopic (exact) mass is 385 g/mol. The third kappa shape index (κ3) is 5.30. The first-order valence-corrected chi connectivity index (χ1v) is 9.59. The number of hydrogen-bond acceptors (Lipinski definition) is 4. The Labute approximate surface area is 166 Å². The third-order valence-corrected chi connectivity index (χ3v) is 5.26.